The van der Waals surface area contributed by atoms with E-state index in [1.165, 1.54) is 12.1 Å². The van der Waals surface area contributed by atoms with Crippen molar-refractivity contribution >= 4 is 0 Å². The number of methoxy groups -OCH3 is 1. The molecule has 0 aliphatic heterocycles. The van der Waals surface area contributed by atoms with Crippen molar-refractivity contribution < 1.29 is 14.2 Å². The van der Waals surface area contributed by atoms with Crippen molar-refractivity contribution in [2.75, 3.05) is 13.7 Å². The van der Waals surface area contributed by atoms with Crippen LogP contribution in [-0.2, 0) is 13.0 Å². The van der Waals surface area contributed by atoms with E-state index in [1.54, 1.807) is 30.7 Å². The molecule has 0 atom stereocenters. The van der Waals surface area contributed by atoms with Gasteiger partial charge in [-0.1, -0.05) is 18.2 Å². The summed E-state index contributed by atoms with van der Waals surface area (Å²) in [4.78, 5) is 17.7. The minimum absolute atomic E-state index is 0.137. The molecule has 27 heavy (non-hydrogen) atoms. The molecule has 0 aliphatic rings. The fourth-order valence-electron chi connectivity index (χ4n) is 3.07. The molecule has 0 aliphatic carbocycles. The van der Waals surface area contributed by atoms with E-state index in [1.807, 2.05) is 24.3 Å². The van der Waals surface area contributed by atoms with Gasteiger partial charge in [-0.2, -0.15) is 0 Å². The fraction of sp³-hybridized carbons (Fsp3) is 0.238. The van der Waals surface area contributed by atoms with E-state index in [0.29, 0.717) is 28.4 Å². The number of hydrogen-bond donors (Lipinski definition) is 1. The number of halogens is 1. The number of aromatic nitrogens is 2. The highest BCUT2D eigenvalue weighted by molar-refractivity contribution is 5.56. The van der Waals surface area contributed by atoms with E-state index in [-0.39, 0.29) is 30.9 Å². The third kappa shape index (κ3) is 3.90. The molecule has 0 spiro atoms. The number of para-hydroxylation sites is 1. The molecule has 0 unspecified atom stereocenters. The van der Waals surface area contributed by atoms with E-state index in [4.69, 9.17) is 4.74 Å². The van der Waals surface area contributed by atoms with Crippen molar-refractivity contribution in [3.05, 3.63) is 81.5 Å². The number of rotatable bonds is 6. The Labute approximate surface area is 156 Å². The first kappa shape index (κ1) is 18.8. The Morgan fingerprint density at radius 2 is 1.85 bits per heavy atom. The smallest absolute Gasteiger partial charge is 0.257 e. The van der Waals surface area contributed by atoms with Crippen LogP contribution >= 0.6 is 0 Å². The zero-order valence-electron chi connectivity index (χ0n) is 15.3. The lowest BCUT2D eigenvalue weighted by Gasteiger charge is -2.17. The van der Waals surface area contributed by atoms with Crippen molar-refractivity contribution in [2.45, 2.75) is 19.9 Å². The Hall–Kier alpha value is -2.99. The van der Waals surface area contributed by atoms with Crippen molar-refractivity contribution in [1.82, 2.24) is 9.55 Å². The predicted octanol–water partition coefficient (Wildman–Crippen LogP) is 2.95. The highest BCUT2D eigenvalue weighted by Gasteiger charge is 2.17. The molecule has 140 valence electrons. The van der Waals surface area contributed by atoms with Crippen LogP contribution in [0.1, 0.15) is 16.8 Å². The molecule has 0 saturated carbocycles. The molecule has 6 heteroatoms. The second-order valence-electron chi connectivity index (χ2n) is 6.18. The number of ether oxygens (including phenoxy) is 1. The van der Waals surface area contributed by atoms with Crippen molar-refractivity contribution in [3.63, 3.8) is 0 Å². The van der Waals surface area contributed by atoms with Gasteiger partial charge in [-0.3, -0.25) is 9.36 Å². The van der Waals surface area contributed by atoms with Crippen molar-refractivity contribution in [3.8, 4) is 17.1 Å². The van der Waals surface area contributed by atoms with Crippen LogP contribution in [0.15, 0.2) is 53.3 Å². The minimum Gasteiger partial charge on any atom is -0.496 e. The second-order valence-corrected chi connectivity index (χ2v) is 6.18. The van der Waals surface area contributed by atoms with E-state index < -0.39 is 0 Å². The number of aryl methyl sites for hydroxylation is 1. The van der Waals surface area contributed by atoms with Gasteiger partial charge in [0.05, 0.1) is 13.7 Å². The summed E-state index contributed by atoms with van der Waals surface area (Å²) >= 11 is 0. The third-order valence-corrected chi connectivity index (χ3v) is 4.45. The molecule has 0 saturated heterocycles. The lowest BCUT2D eigenvalue weighted by atomic mass is 10.1. The van der Waals surface area contributed by atoms with Gasteiger partial charge >= 0.3 is 0 Å². The lowest BCUT2D eigenvalue weighted by molar-refractivity contribution is 0.298. The van der Waals surface area contributed by atoms with E-state index >= 15 is 0 Å². The highest BCUT2D eigenvalue weighted by atomic mass is 19.1. The molecule has 0 radical (unpaired) electrons. The van der Waals surface area contributed by atoms with Gasteiger partial charge in [0.25, 0.3) is 5.56 Å². The SMILES string of the molecule is COc1ccccc1Cn1c(-c2ccc(F)cc2)nc(C)c(CCO)c1=O. The van der Waals surface area contributed by atoms with Crippen LogP contribution in [0.2, 0.25) is 0 Å². The Morgan fingerprint density at radius 1 is 1.15 bits per heavy atom. The molecular weight excluding hydrogens is 347 g/mol. The average molecular weight is 368 g/mol. The maximum atomic E-state index is 13.3. The molecular formula is C21H21FN2O3. The molecule has 1 aromatic heterocycles. The van der Waals surface area contributed by atoms with Crippen molar-refractivity contribution in [1.29, 1.82) is 0 Å². The van der Waals surface area contributed by atoms with Gasteiger partial charge in [0, 0.05) is 35.4 Å². The van der Waals surface area contributed by atoms with Crippen LogP contribution in [0.3, 0.4) is 0 Å². The number of benzene rings is 2. The number of aliphatic hydroxyl groups is 1. The van der Waals surface area contributed by atoms with E-state index in [0.717, 1.165) is 5.56 Å². The summed E-state index contributed by atoms with van der Waals surface area (Å²) in [6.07, 6.45) is 0.229. The van der Waals surface area contributed by atoms with E-state index in [9.17, 15) is 14.3 Å². The normalized spacial score (nSPS) is 10.8. The van der Waals surface area contributed by atoms with Gasteiger partial charge in [0.15, 0.2) is 0 Å². The zero-order chi connectivity index (χ0) is 19.4. The monoisotopic (exact) mass is 368 g/mol. The summed E-state index contributed by atoms with van der Waals surface area (Å²) in [6, 6.07) is 13.3. The maximum absolute atomic E-state index is 13.3. The first-order valence-electron chi connectivity index (χ1n) is 8.64. The molecule has 1 N–H and O–H groups in total. The Balaban J connectivity index is 2.20. The van der Waals surface area contributed by atoms with Gasteiger partial charge < -0.3 is 9.84 Å². The molecule has 3 aromatic rings. The van der Waals surface area contributed by atoms with Gasteiger partial charge in [-0.05, 0) is 37.3 Å². The van der Waals surface area contributed by atoms with Gasteiger partial charge in [-0.25, -0.2) is 9.37 Å². The van der Waals surface area contributed by atoms with Crippen LogP contribution in [0.5, 0.6) is 5.75 Å². The molecule has 0 amide bonds. The lowest BCUT2D eigenvalue weighted by Crippen LogP contribution is -2.29. The average Bonchev–Trinajstić information content (AvgIpc) is 2.68. The summed E-state index contributed by atoms with van der Waals surface area (Å²) < 4.78 is 20.3. The molecule has 0 bridgehead atoms. The van der Waals surface area contributed by atoms with Gasteiger partial charge in [0.2, 0.25) is 0 Å². The number of nitrogens with zero attached hydrogens (tertiary/aromatic N) is 2. The number of hydrogen-bond acceptors (Lipinski definition) is 4. The largest absolute Gasteiger partial charge is 0.496 e. The van der Waals surface area contributed by atoms with E-state index in [2.05, 4.69) is 4.98 Å². The summed E-state index contributed by atoms with van der Waals surface area (Å²) in [6.45, 7) is 1.86. The fourth-order valence-corrected chi connectivity index (χ4v) is 3.07. The second kappa shape index (κ2) is 8.14. The van der Waals surface area contributed by atoms with Crippen LogP contribution in [0.25, 0.3) is 11.4 Å². The summed E-state index contributed by atoms with van der Waals surface area (Å²) in [7, 11) is 1.58. The minimum atomic E-state index is -0.356. The third-order valence-electron chi connectivity index (χ3n) is 4.45. The van der Waals surface area contributed by atoms with Crippen LogP contribution in [0.4, 0.5) is 4.39 Å². The first-order chi connectivity index (χ1) is 13.0. The summed E-state index contributed by atoms with van der Waals surface area (Å²) in [5.41, 5.74) is 2.28. The van der Waals surface area contributed by atoms with Gasteiger partial charge in [-0.15, -0.1) is 0 Å². The molecule has 0 fully saturated rings. The van der Waals surface area contributed by atoms with Crippen LogP contribution < -0.4 is 10.3 Å². The van der Waals surface area contributed by atoms with Crippen molar-refractivity contribution in [2.24, 2.45) is 0 Å². The standard InChI is InChI=1S/C21H21FN2O3/c1-14-18(11-12-25)21(26)24(13-16-5-3-4-6-19(16)27-2)20(23-14)15-7-9-17(22)10-8-15/h3-10,25H,11-13H2,1-2H3. The summed E-state index contributed by atoms with van der Waals surface area (Å²) in [5.74, 6) is 0.759. The number of aliphatic hydroxyl groups excluding tert-OH is 1. The predicted molar refractivity (Wildman–Crippen MR) is 102 cm³/mol. The Bertz CT molecular complexity index is 997. The maximum Gasteiger partial charge on any atom is 0.257 e. The molecule has 3 rings (SSSR count). The first-order valence-corrected chi connectivity index (χ1v) is 8.64. The Morgan fingerprint density at radius 3 is 2.52 bits per heavy atom. The van der Waals surface area contributed by atoms with Crippen LogP contribution in [-0.4, -0.2) is 28.4 Å². The quantitative estimate of drug-likeness (QED) is 0.727. The topological polar surface area (TPSA) is 64.3 Å². The molecule has 1 heterocycles. The molecule has 2 aromatic carbocycles. The van der Waals surface area contributed by atoms with Crippen LogP contribution in [0, 0.1) is 12.7 Å². The zero-order valence-corrected chi connectivity index (χ0v) is 15.3. The summed E-state index contributed by atoms with van der Waals surface area (Å²) in [5, 5.41) is 9.31. The Kier molecular flexibility index (Phi) is 5.66. The van der Waals surface area contributed by atoms with Gasteiger partial charge in [0.1, 0.15) is 17.4 Å². The molecule has 5 nitrogen and oxygen atoms in total. The highest BCUT2D eigenvalue weighted by Crippen LogP contribution is 2.23.